The molecule has 0 aliphatic carbocycles. The molecule has 2 heterocycles. The number of pyridine rings is 1. The molecule has 0 atom stereocenters. The summed E-state index contributed by atoms with van der Waals surface area (Å²) in [5.41, 5.74) is 0.632. The van der Waals surface area contributed by atoms with Gasteiger partial charge in [0.25, 0.3) is 0 Å². The van der Waals surface area contributed by atoms with Crippen LogP contribution in [0.5, 0.6) is 0 Å². The zero-order valence-electron chi connectivity index (χ0n) is 11.3. The molecule has 6 heteroatoms. The third-order valence-corrected chi connectivity index (χ3v) is 3.04. The second kappa shape index (κ2) is 5.53. The van der Waals surface area contributed by atoms with Crippen molar-refractivity contribution in [1.29, 1.82) is 5.26 Å². The van der Waals surface area contributed by atoms with Crippen molar-refractivity contribution in [3.63, 3.8) is 0 Å². The van der Waals surface area contributed by atoms with Crippen LogP contribution in [0.4, 0.5) is 5.82 Å². The number of H-pyrrole nitrogens is 1. The van der Waals surface area contributed by atoms with Gasteiger partial charge in [0.2, 0.25) is 0 Å². The van der Waals surface area contributed by atoms with E-state index in [2.05, 4.69) is 34.1 Å². The van der Waals surface area contributed by atoms with Crippen LogP contribution in [0.25, 0.3) is 0 Å². The Labute approximate surface area is 116 Å². The average Bonchev–Trinajstić information content (AvgIpc) is 2.45. The number of anilines is 1. The van der Waals surface area contributed by atoms with E-state index in [1.165, 1.54) is 6.07 Å². The van der Waals surface area contributed by atoms with E-state index in [9.17, 15) is 4.79 Å². The molecular weight excluding hydrogens is 254 g/mol. The highest BCUT2D eigenvalue weighted by atomic mass is 16.1. The van der Waals surface area contributed by atoms with Crippen molar-refractivity contribution in [1.82, 2.24) is 15.0 Å². The van der Waals surface area contributed by atoms with Gasteiger partial charge >= 0.3 is 5.69 Å². The maximum absolute atomic E-state index is 11.3. The molecule has 2 N–H and O–H groups in total. The minimum absolute atomic E-state index is 0.153. The maximum atomic E-state index is 11.3. The van der Waals surface area contributed by atoms with Gasteiger partial charge in [0.05, 0.1) is 0 Å². The van der Waals surface area contributed by atoms with Crippen molar-refractivity contribution < 1.29 is 0 Å². The summed E-state index contributed by atoms with van der Waals surface area (Å²) in [6.45, 7) is 4.74. The molecular formula is C14H15N5O. The molecule has 2 aromatic rings. The highest BCUT2D eigenvalue weighted by Crippen LogP contribution is 2.22. The molecule has 102 valence electrons. The number of aromatic nitrogens is 3. The molecule has 0 saturated carbocycles. The van der Waals surface area contributed by atoms with E-state index in [1.807, 2.05) is 18.2 Å². The lowest BCUT2D eigenvalue weighted by molar-refractivity contribution is 0.555. The zero-order valence-corrected chi connectivity index (χ0v) is 11.3. The Bertz CT molecular complexity index is 685. The third kappa shape index (κ3) is 3.20. The predicted octanol–water partition coefficient (Wildman–Crippen LogP) is 1.43. The van der Waals surface area contributed by atoms with Gasteiger partial charge in [-0.25, -0.2) is 4.79 Å². The molecule has 0 saturated heterocycles. The highest BCUT2D eigenvalue weighted by molar-refractivity contribution is 5.39. The number of nitrogens with zero attached hydrogens (tertiary/aromatic N) is 3. The van der Waals surface area contributed by atoms with Crippen LogP contribution in [0, 0.1) is 11.3 Å². The SMILES string of the molecule is CC(C)(CNc1cc(C#N)[nH]c(=O)n1)c1ccncc1. The molecule has 20 heavy (non-hydrogen) atoms. The van der Waals surface area contributed by atoms with Gasteiger partial charge in [0.15, 0.2) is 0 Å². The fourth-order valence-corrected chi connectivity index (χ4v) is 1.83. The molecule has 0 fully saturated rings. The van der Waals surface area contributed by atoms with Crippen LogP contribution < -0.4 is 11.0 Å². The molecule has 2 aromatic heterocycles. The lowest BCUT2D eigenvalue weighted by Gasteiger charge is -2.25. The minimum atomic E-state index is -0.534. The van der Waals surface area contributed by atoms with E-state index in [0.29, 0.717) is 12.4 Å². The van der Waals surface area contributed by atoms with Crippen molar-refractivity contribution in [2.24, 2.45) is 0 Å². The Morgan fingerprint density at radius 1 is 1.40 bits per heavy atom. The molecule has 0 bridgehead atoms. The Kier molecular flexibility index (Phi) is 3.80. The minimum Gasteiger partial charge on any atom is -0.369 e. The molecule has 0 aliphatic heterocycles. The lowest BCUT2D eigenvalue weighted by atomic mass is 9.85. The summed E-state index contributed by atoms with van der Waals surface area (Å²) in [5, 5.41) is 11.9. The van der Waals surface area contributed by atoms with Gasteiger partial charge in [-0.05, 0) is 17.7 Å². The van der Waals surface area contributed by atoms with Gasteiger partial charge < -0.3 is 5.32 Å². The van der Waals surface area contributed by atoms with Gasteiger partial charge in [-0.3, -0.25) is 9.97 Å². The van der Waals surface area contributed by atoms with Crippen LogP contribution in [0.15, 0.2) is 35.4 Å². The molecule has 0 aromatic carbocycles. The van der Waals surface area contributed by atoms with E-state index in [4.69, 9.17) is 5.26 Å². The quantitative estimate of drug-likeness (QED) is 0.875. The van der Waals surface area contributed by atoms with E-state index >= 15 is 0 Å². The molecule has 0 spiro atoms. The molecule has 6 nitrogen and oxygen atoms in total. The summed E-state index contributed by atoms with van der Waals surface area (Å²) >= 11 is 0. The summed E-state index contributed by atoms with van der Waals surface area (Å²) in [6.07, 6.45) is 3.49. The van der Waals surface area contributed by atoms with Gasteiger partial charge in [0.1, 0.15) is 17.6 Å². The fourth-order valence-electron chi connectivity index (χ4n) is 1.83. The second-order valence-electron chi connectivity index (χ2n) is 5.07. The Hall–Kier alpha value is -2.68. The summed E-state index contributed by atoms with van der Waals surface area (Å²) in [4.78, 5) is 21.4. The first kappa shape index (κ1) is 13.7. The van der Waals surface area contributed by atoms with Crippen molar-refractivity contribution in [2.75, 3.05) is 11.9 Å². The predicted molar refractivity (Wildman–Crippen MR) is 75.3 cm³/mol. The lowest BCUT2D eigenvalue weighted by Crippen LogP contribution is -2.28. The zero-order chi connectivity index (χ0) is 14.6. The van der Waals surface area contributed by atoms with Crippen LogP contribution >= 0.6 is 0 Å². The fraction of sp³-hybridized carbons (Fsp3) is 0.286. The Morgan fingerprint density at radius 3 is 2.75 bits per heavy atom. The largest absolute Gasteiger partial charge is 0.369 e. The van der Waals surface area contributed by atoms with Gasteiger partial charge in [0, 0.05) is 30.4 Å². The highest BCUT2D eigenvalue weighted by Gasteiger charge is 2.20. The third-order valence-electron chi connectivity index (χ3n) is 3.04. The maximum Gasteiger partial charge on any atom is 0.347 e. The number of nitrogens with one attached hydrogen (secondary N) is 2. The first-order valence-corrected chi connectivity index (χ1v) is 6.17. The average molecular weight is 269 g/mol. The van der Waals surface area contributed by atoms with Crippen LogP contribution in [0.3, 0.4) is 0 Å². The number of rotatable bonds is 4. The molecule has 0 amide bonds. The van der Waals surface area contributed by atoms with Crippen molar-refractivity contribution in [2.45, 2.75) is 19.3 Å². The van der Waals surface area contributed by atoms with Crippen LogP contribution in [-0.4, -0.2) is 21.5 Å². The van der Waals surface area contributed by atoms with Crippen molar-refractivity contribution >= 4 is 5.82 Å². The summed E-state index contributed by atoms with van der Waals surface area (Å²) < 4.78 is 0. The van der Waals surface area contributed by atoms with E-state index < -0.39 is 5.69 Å². The van der Waals surface area contributed by atoms with Crippen molar-refractivity contribution in [3.05, 3.63) is 52.3 Å². The Morgan fingerprint density at radius 2 is 2.10 bits per heavy atom. The van der Waals surface area contributed by atoms with Gasteiger partial charge in [-0.15, -0.1) is 0 Å². The monoisotopic (exact) mass is 269 g/mol. The summed E-state index contributed by atoms with van der Waals surface area (Å²) in [7, 11) is 0. The van der Waals surface area contributed by atoms with Crippen LogP contribution in [-0.2, 0) is 5.41 Å². The van der Waals surface area contributed by atoms with Crippen LogP contribution in [0.2, 0.25) is 0 Å². The number of aromatic amines is 1. The van der Waals surface area contributed by atoms with Gasteiger partial charge in [-0.2, -0.15) is 10.2 Å². The van der Waals surface area contributed by atoms with Crippen molar-refractivity contribution in [3.8, 4) is 6.07 Å². The Balaban J connectivity index is 2.15. The standard InChI is InChI=1S/C14H15N5O/c1-14(2,10-3-5-16-6-4-10)9-17-12-7-11(8-15)18-13(20)19-12/h3-7H,9H2,1-2H3,(H2,17,18,19,20). The first-order chi connectivity index (χ1) is 9.51. The summed E-state index contributed by atoms with van der Waals surface area (Å²) in [5.74, 6) is 0.396. The first-order valence-electron chi connectivity index (χ1n) is 6.17. The summed E-state index contributed by atoms with van der Waals surface area (Å²) in [6, 6.07) is 7.32. The molecule has 0 radical (unpaired) electrons. The van der Waals surface area contributed by atoms with E-state index in [-0.39, 0.29) is 11.1 Å². The molecule has 0 aliphatic rings. The smallest absolute Gasteiger partial charge is 0.347 e. The molecule has 2 rings (SSSR count). The number of nitriles is 1. The number of hydrogen-bond donors (Lipinski definition) is 2. The van der Waals surface area contributed by atoms with Crippen LogP contribution in [0.1, 0.15) is 25.1 Å². The van der Waals surface area contributed by atoms with E-state index in [0.717, 1.165) is 5.56 Å². The van der Waals surface area contributed by atoms with E-state index in [1.54, 1.807) is 12.4 Å². The molecule has 0 unspecified atom stereocenters. The topological polar surface area (TPSA) is 94.5 Å². The second-order valence-corrected chi connectivity index (χ2v) is 5.07. The van der Waals surface area contributed by atoms with Gasteiger partial charge in [-0.1, -0.05) is 13.8 Å². The normalized spacial score (nSPS) is 10.8. The number of hydrogen-bond acceptors (Lipinski definition) is 5.